The SMILES string of the molecule is CCCNC(Cc1nccn1CC)C(OC)C1CC1. The molecule has 4 heteroatoms. The average molecular weight is 265 g/mol. The molecule has 0 aromatic carbocycles. The fourth-order valence-corrected chi connectivity index (χ4v) is 2.76. The van der Waals surface area contributed by atoms with Crippen molar-refractivity contribution in [1.82, 2.24) is 14.9 Å². The molecule has 2 rings (SSSR count). The minimum atomic E-state index is 0.327. The maximum atomic E-state index is 5.76. The van der Waals surface area contributed by atoms with Gasteiger partial charge >= 0.3 is 0 Å². The predicted molar refractivity (Wildman–Crippen MR) is 77.2 cm³/mol. The molecular formula is C15H27N3O. The Morgan fingerprint density at radius 3 is 2.84 bits per heavy atom. The van der Waals surface area contributed by atoms with Crippen LogP contribution >= 0.6 is 0 Å². The first-order valence-corrected chi connectivity index (χ1v) is 7.56. The number of nitrogens with zero attached hydrogens (tertiary/aromatic N) is 2. The molecule has 0 aliphatic heterocycles. The van der Waals surface area contributed by atoms with Crippen molar-refractivity contribution in [3.05, 3.63) is 18.2 Å². The number of hydrogen-bond donors (Lipinski definition) is 1. The van der Waals surface area contributed by atoms with E-state index in [9.17, 15) is 0 Å². The molecule has 1 heterocycles. The Morgan fingerprint density at radius 1 is 1.47 bits per heavy atom. The van der Waals surface area contributed by atoms with E-state index in [1.807, 2.05) is 13.3 Å². The van der Waals surface area contributed by atoms with Crippen LogP contribution in [-0.2, 0) is 17.7 Å². The highest BCUT2D eigenvalue weighted by molar-refractivity contribution is 5.00. The maximum Gasteiger partial charge on any atom is 0.110 e. The van der Waals surface area contributed by atoms with Gasteiger partial charge in [-0.3, -0.25) is 0 Å². The molecule has 0 amide bonds. The molecule has 2 unspecified atom stereocenters. The van der Waals surface area contributed by atoms with Crippen LogP contribution in [0.1, 0.15) is 38.9 Å². The summed E-state index contributed by atoms with van der Waals surface area (Å²) < 4.78 is 7.98. The van der Waals surface area contributed by atoms with Crippen LogP contribution in [0.4, 0.5) is 0 Å². The third kappa shape index (κ3) is 3.80. The largest absolute Gasteiger partial charge is 0.380 e. The summed E-state index contributed by atoms with van der Waals surface area (Å²) in [7, 11) is 1.84. The molecule has 1 saturated carbocycles. The third-order valence-electron chi connectivity index (χ3n) is 3.96. The molecule has 1 aromatic heterocycles. The zero-order valence-corrected chi connectivity index (χ0v) is 12.4. The van der Waals surface area contributed by atoms with Gasteiger partial charge in [0.25, 0.3) is 0 Å². The molecule has 0 spiro atoms. The number of aromatic nitrogens is 2. The zero-order valence-electron chi connectivity index (χ0n) is 12.4. The van der Waals surface area contributed by atoms with Gasteiger partial charge in [0.1, 0.15) is 5.82 Å². The maximum absolute atomic E-state index is 5.76. The van der Waals surface area contributed by atoms with E-state index in [1.165, 1.54) is 18.7 Å². The van der Waals surface area contributed by atoms with Crippen LogP contribution in [0.3, 0.4) is 0 Å². The van der Waals surface area contributed by atoms with E-state index >= 15 is 0 Å². The number of rotatable bonds is 9. The predicted octanol–water partition coefficient (Wildman–Crippen LogP) is 2.24. The Bertz CT molecular complexity index is 373. The summed E-state index contributed by atoms with van der Waals surface area (Å²) in [6.07, 6.45) is 9.01. The van der Waals surface area contributed by atoms with Gasteiger partial charge in [-0.05, 0) is 38.6 Å². The minimum Gasteiger partial charge on any atom is -0.380 e. The first-order chi connectivity index (χ1) is 9.30. The highest BCUT2D eigenvalue weighted by atomic mass is 16.5. The molecule has 1 aliphatic carbocycles. The van der Waals surface area contributed by atoms with E-state index in [2.05, 4.69) is 34.9 Å². The number of hydrogen-bond acceptors (Lipinski definition) is 3. The summed E-state index contributed by atoms with van der Waals surface area (Å²) in [5.74, 6) is 1.91. The minimum absolute atomic E-state index is 0.327. The topological polar surface area (TPSA) is 39.1 Å². The molecule has 1 aromatic rings. The van der Waals surface area contributed by atoms with Gasteiger partial charge < -0.3 is 14.6 Å². The van der Waals surface area contributed by atoms with Gasteiger partial charge in [-0.1, -0.05) is 6.92 Å². The van der Waals surface area contributed by atoms with E-state index in [1.54, 1.807) is 0 Å². The molecule has 108 valence electrons. The summed E-state index contributed by atoms with van der Waals surface area (Å²) in [5, 5.41) is 3.65. The second-order valence-corrected chi connectivity index (χ2v) is 5.43. The van der Waals surface area contributed by atoms with Gasteiger partial charge in [0.15, 0.2) is 0 Å². The Hall–Kier alpha value is -0.870. The molecular weight excluding hydrogens is 238 g/mol. The van der Waals surface area contributed by atoms with E-state index in [0.717, 1.165) is 31.8 Å². The number of ether oxygens (including phenoxy) is 1. The van der Waals surface area contributed by atoms with Gasteiger partial charge in [-0.25, -0.2) is 4.98 Å². The summed E-state index contributed by atoms with van der Waals surface area (Å²) in [5.41, 5.74) is 0. The van der Waals surface area contributed by atoms with Gasteiger partial charge in [-0.2, -0.15) is 0 Å². The molecule has 2 atom stereocenters. The quantitative estimate of drug-likeness (QED) is 0.744. The van der Waals surface area contributed by atoms with Crippen LogP contribution in [0, 0.1) is 5.92 Å². The van der Waals surface area contributed by atoms with Crippen LogP contribution in [0.2, 0.25) is 0 Å². The average Bonchev–Trinajstić information content (AvgIpc) is 3.15. The molecule has 0 bridgehead atoms. The Labute approximate surface area is 116 Å². The van der Waals surface area contributed by atoms with Gasteiger partial charge in [-0.15, -0.1) is 0 Å². The van der Waals surface area contributed by atoms with Gasteiger partial charge in [0, 0.05) is 38.5 Å². The summed E-state index contributed by atoms with van der Waals surface area (Å²) in [4.78, 5) is 4.50. The van der Waals surface area contributed by atoms with Crippen molar-refractivity contribution in [3.8, 4) is 0 Å². The van der Waals surface area contributed by atoms with Crippen molar-refractivity contribution in [3.63, 3.8) is 0 Å². The molecule has 1 aliphatic rings. The van der Waals surface area contributed by atoms with Crippen molar-refractivity contribution >= 4 is 0 Å². The van der Waals surface area contributed by atoms with Crippen molar-refractivity contribution in [2.24, 2.45) is 5.92 Å². The summed E-state index contributed by atoms with van der Waals surface area (Å²) in [6.45, 7) is 6.39. The lowest BCUT2D eigenvalue weighted by Crippen LogP contribution is -2.44. The highest BCUT2D eigenvalue weighted by Crippen LogP contribution is 2.36. The lowest BCUT2D eigenvalue weighted by molar-refractivity contribution is 0.0503. The van der Waals surface area contributed by atoms with E-state index in [0.29, 0.717) is 12.1 Å². The van der Waals surface area contributed by atoms with Crippen LogP contribution in [0.25, 0.3) is 0 Å². The van der Waals surface area contributed by atoms with Crippen molar-refractivity contribution < 1.29 is 4.74 Å². The smallest absolute Gasteiger partial charge is 0.110 e. The summed E-state index contributed by atoms with van der Waals surface area (Å²) >= 11 is 0. The van der Waals surface area contributed by atoms with E-state index in [-0.39, 0.29) is 0 Å². The van der Waals surface area contributed by atoms with Crippen molar-refractivity contribution in [2.75, 3.05) is 13.7 Å². The zero-order chi connectivity index (χ0) is 13.7. The standard InChI is InChI=1S/C15H27N3O/c1-4-8-16-13(15(19-3)12-6-7-12)11-14-17-9-10-18(14)5-2/h9-10,12-13,15-16H,4-8,11H2,1-3H3. The molecule has 4 nitrogen and oxygen atoms in total. The lowest BCUT2D eigenvalue weighted by atomic mass is 10.0. The number of nitrogens with one attached hydrogen (secondary N) is 1. The lowest BCUT2D eigenvalue weighted by Gasteiger charge is -2.27. The fraction of sp³-hybridized carbons (Fsp3) is 0.800. The first kappa shape index (κ1) is 14.5. The van der Waals surface area contributed by atoms with Crippen LogP contribution in [0.5, 0.6) is 0 Å². The third-order valence-corrected chi connectivity index (χ3v) is 3.96. The highest BCUT2D eigenvalue weighted by Gasteiger charge is 2.37. The summed E-state index contributed by atoms with van der Waals surface area (Å²) in [6, 6.07) is 0.380. The second-order valence-electron chi connectivity index (χ2n) is 5.43. The van der Waals surface area contributed by atoms with Crippen molar-refractivity contribution in [1.29, 1.82) is 0 Å². The van der Waals surface area contributed by atoms with Crippen LogP contribution in [0.15, 0.2) is 12.4 Å². The Morgan fingerprint density at radius 2 is 2.26 bits per heavy atom. The molecule has 19 heavy (non-hydrogen) atoms. The molecule has 1 fully saturated rings. The van der Waals surface area contributed by atoms with Gasteiger partial charge in [0.05, 0.1) is 6.10 Å². The fourth-order valence-electron chi connectivity index (χ4n) is 2.76. The Balaban J connectivity index is 2.03. The van der Waals surface area contributed by atoms with Crippen LogP contribution < -0.4 is 5.32 Å². The van der Waals surface area contributed by atoms with Crippen LogP contribution in [-0.4, -0.2) is 35.4 Å². The van der Waals surface area contributed by atoms with Crippen molar-refractivity contribution in [2.45, 2.75) is 58.2 Å². The van der Waals surface area contributed by atoms with Gasteiger partial charge in [0.2, 0.25) is 0 Å². The molecule has 0 radical (unpaired) electrons. The molecule has 0 saturated heterocycles. The number of aryl methyl sites for hydroxylation is 1. The monoisotopic (exact) mass is 265 g/mol. The first-order valence-electron chi connectivity index (χ1n) is 7.56. The van der Waals surface area contributed by atoms with E-state index in [4.69, 9.17) is 4.74 Å². The van der Waals surface area contributed by atoms with E-state index < -0.39 is 0 Å². The second kappa shape index (κ2) is 7.06. The number of imidazole rings is 1. The molecule has 1 N–H and O–H groups in total. The Kier molecular flexibility index (Phi) is 5.40. The normalized spacial score (nSPS) is 18.5. The number of methoxy groups -OCH3 is 1.